The minimum atomic E-state index is -0.0272. The van der Waals surface area contributed by atoms with Gasteiger partial charge < -0.3 is 16.3 Å². The van der Waals surface area contributed by atoms with Gasteiger partial charge in [-0.05, 0) is 48.5 Å². The molecule has 0 aliphatic carbocycles. The molecule has 0 bridgehead atoms. The van der Waals surface area contributed by atoms with Crippen LogP contribution >= 0.6 is 27.7 Å². The number of nitrogens with zero attached hydrogens (tertiary/aromatic N) is 1. The van der Waals surface area contributed by atoms with E-state index in [0.29, 0.717) is 23.6 Å². The minimum Gasteiger partial charge on any atom is -0.409 e. The summed E-state index contributed by atoms with van der Waals surface area (Å²) in [6.45, 7) is 0. The highest BCUT2D eigenvalue weighted by atomic mass is 79.9. The molecular formula is C14H18BrN3O2S. The van der Waals surface area contributed by atoms with Crippen LogP contribution in [0.15, 0.2) is 27.8 Å². The van der Waals surface area contributed by atoms with Gasteiger partial charge in [-0.1, -0.05) is 21.1 Å². The standard InChI is InChI=1S/C14H18BrN3O2S/c15-10-1-2-12(11(8-10)14(16)18-20)17-13(19)7-9-3-5-21-6-4-9/h1-2,8-9,20H,3-7H2,(H2,16,18)(H,17,19). The second-order valence-corrected chi connectivity index (χ2v) is 7.12. The monoisotopic (exact) mass is 371 g/mol. The fourth-order valence-corrected chi connectivity index (χ4v) is 3.87. The lowest BCUT2D eigenvalue weighted by Gasteiger charge is -2.21. The summed E-state index contributed by atoms with van der Waals surface area (Å²) in [7, 11) is 0. The molecule has 1 aromatic rings. The number of nitrogens with two attached hydrogens (primary N) is 1. The molecule has 1 saturated heterocycles. The van der Waals surface area contributed by atoms with Gasteiger partial charge in [-0.25, -0.2) is 0 Å². The van der Waals surface area contributed by atoms with E-state index in [2.05, 4.69) is 26.4 Å². The number of rotatable bonds is 4. The molecule has 0 aromatic heterocycles. The van der Waals surface area contributed by atoms with E-state index in [-0.39, 0.29) is 11.7 Å². The van der Waals surface area contributed by atoms with E-state index in [1.54, 1.807) is 18.2 Å². The molecule has 1 fully saturated rings. The quantitative estimate of drug-likeness (QED) is 0.328. The summed E-state index contributed by atoms with van der Waals surface area (Å²) < 4.78 is 0.798. The van der Waals surface area contributed by atoms with Crippen molar-refractivity contribution in [2.24, 2.45) is 16.8 Å². The van der Waals surface area contributed by atoms with Gasteiger partial charge in [-0.3, -0.25) is 4.79 Å². The summed E-state index contributed by atoms with van der Waals surface area (Å²) in [5.41, 5.74) is 6.71. The summed E-state index contributed by atoms with van der Waals surface area (Å²) in [6.07, 6.45) is 2.70. The number of oxime groups is 1. The fourth-order valence-electron chi connectivity index (χ4n) is 2.31. The first-order valence-electron chi connectivity index (χ1n) is 6.75. The molecule has 1 aliphatic heterocycles. The zero-order valence-corrected chi connectivity index (χ0v) is 13.9. The van der Waals surface area contributed by atoms with Crippen molar-refractivity contribution in [3.05, 3.63) is 28.2 Å². The van der Waals surface area contributed by atoms with Gasteiger partial charge in [0.25, 0.3) is 0 Å². The Morgan fingerprint density at radius 1 is 1.48 bits per heavy atom. The number of thioether (sulfide) groups is 1. The Balaban J connectivity index is 2.06. The zero-order chi connectivity index (χ0) is 15.2. The van der Waals surface area contributed by atoms with Crippen molar-refractivity contribution in [2.45, 2.75) is 19.3 Å². The number of benzene rings is 1. The van der Waals surface area contributed by atoms with Crippen LogP contribution in [0.1, 0.15) is 24.8 Å². The molecule has 0 spiro atoms. The van der Waals surface area contributed by atoms with E-state index >= 15 is 0 Å². The average Bonchev–Trinajstić information content (AvgIpc) is 2.49. The Morgan fingerprint density at radius 2 is 2.19 bits per heavy atom. The molecule has 0 saturated carbocycles. The molecule has 0 unspecified atom stereocenters. The molecular weight excluding hydrogens is 354 g/mol. The van der Waals surface area contributed by atoms with Crippen molar-refractivity contribution in [1.29, 1.82) is 0 Å². The zero-order valence-electron chi connectivity index (χ0n) is 11.5. The van der Waals surface area contributed by atoms with E-state index in [0.717, 1.165) is 28.8 Å². The number of carbonyl (C=O) groups is 1. The van der Waals surface area contributed by atoms with Gasteiger partial charge >= 0.3 is 0 Å². The molecule has 1 amide bonds. The van der Waals surface area contributed by atoms with Crippen molar-refractivity contribution in [2.75, 3.05) is 16.8 Å². The van der Waals surface area contributed by atoms with Gasteiger partial charge in [0, 0.05) is 16.5 Å². The van der Waals surface area contributed by atoms with Crippen molar-refractivity contribution in [1.82, 2.24) is 0 Å². The van der Waals surface area contributed by atoms with Gasteiger partial charge in [0.05, 0.1) is 5.69 Å². The number of nitrogens with one attached hydrogen (secondary N) is 1. The normalized spacial score (nSPS) is 16.7. The van der Waals surface area contributed by atoms with Crippen LogP contribution in [0, 0.1) is 5.92 Å². The fraction of sp³-hybridized carbons (Fsp3) is 0.429. The Kier molecular flexibility index (Phi) is 5.93. The number of carbonyl (C=O) groups excluding carboxylic acids is 1. The molecule has 7 heteroatoms. The maximum atomic E-state index is 12.2. The molecule has 2 rings (SSSR count). The third-order valence-electron chi connectivity index (χ3n) is 3.45. The predicted octanol–water partition coefficient (Wildman–Crippen LogP) is 3.02. The topological polar surface area (TPSA) is 87.7 Å². The van der Waals surface area contributed by atoms with Crippen LogP contribution in [0.4, 0.5) is 5.69 Å². The molecule has 21 heavy (non-hydrogen) atoms. The summed E-state index contributed by atoms with van der Waals surface area (Å²) in [4.78, 5) is 12.2. The highest BCUT2D eigenvalue weighted by molar-refractivity contribution is 9.10. The van der Waals surface area contributed by atoms with Crippen LogP contribution in [0.25, 0.3) is 0 Å². The minimum absolute atomic E-state index is 0.0267. The largest absolute Gasteiger partial charge is 0.409 e. The van der Waals surface area contributed by atoms with Crippen molar-refractivity contribution < 1.29 is 10.0 Å². The molecule has 0 atom stereocenters. The number of amidine groups is 1. The van der Waals surface area contributed by atoms with Gasteiger partial charge in [-0.15, -0.1) is 0 Å². The lowest BCUT2D eigenvalue weighted by molar-refractivity contribution is -0.117. The lowest BCUT2D eigenvalue weighted by Crippen LogP contribution is -2.22. The van der Waals surface area contributed by atoms with E-state index in [9.17, 15) is 4.79 Å². The van der Waals surface area contributed by atoms with Crippen LogP contribution < -0.4 is 11.1 Å². The van der Waals surface area contributed by atoms with Gasteiger partial charge in [0.2, 0.25) is 5.91 Å². The summed E-state index contributed by atoms with van der Waals surface area (Å²) in [5.74, 6) is 2.66. The number of halogens is 1. The molecule has 1 aromatic carbocycles. The van der Waals surface area contributed by atoms with Crippen molar-refractivity contribution in [3.63, 3.8) is 0 Å². The first kappa shape index (κ1) is 16.2. The lowest BCUT2D eigenvalue weighted by atomic mass is 9.98. The van der Waals surface area contributed by atoms with E-state index < -0.39 is 0 Å². The van der Waals surface area contributed by atoms with Crippen molar-refractivity contribution in [3.8, 4) is 0 Å². The van der Waals surface area contributed by atoms with Crippen LogP contribution in [-0.2, 0) is 4.79 Å². The Morgan fingerprint density at radius 3 is 2.86 bits per heavy atom. The van der Waals surface area contributed by atoms with E-state index in [1.165, 1.54) is 0 Å². The summed E-state index contributed by atoms with van der Waals surface area (Å²) in [6, 6.07) is 5.26. The number of anilines is 1. The first-order chi connectivity index (χ1) is 10.1. The van der Waals surface area contributed by atoms with Gasteiger partial charge in [0.1, 0.15) is 0 Å². The Labute approximate surface area is 136 Å². The first-order valence-corrected chi connectivity index (χ1v) is 8.70. The molecule has 1 heterocycles. The number of hydrogen-bond donors (Lipinski definition) is 3. The smallest absolute Gasteiger partial charge is 0.224 e. The third-order valence-corrected chi connectivity index (χ3v) is 5.00. The molecule has 0 radical (unpaired) electrons. The van der Waals surface area contributed by atoms with Crippen LogP contribution in [0.3, 0.4) is 0 Å². The molecule has 4 N–H and O–H groups in total. The Bertz CT molecular complexity index is 545. The molecule has 1 aliphatic rings. The number of hydrogen-bond acceptors (Lipinski definition) is 4. The highest BCUT2D eigenvalue weighted by Gasteiger charge is 2.18. The van der Waals surface area contributed by atoms with Crippen LogP contribution in [-0.4, -0.2) is 28.5 Å². The van der Waals surface area contributed by atoms with Crippen LogP contribution in [0.5, 0.6) is 0 Å². The average molecular weight is 372 g/mol. The maximum Gasteiger partial charge on any atom is 0.224 e. The molecule has 114 valence electrons. The van der Waals surface area contributed by atoms with E-state index in [4.69, 9.17) is 10.9 Å². The SMILES string of the molecule is N/C(=N/O)c1cc(Br)ccc1NC(=O)CC1CCSCC1. The predicted molar refractivity (Wildman–Crippen MR) is 89.9 cm³/mol. The van der Waals surface area contributed by atoms with Crippen LogP contribution in [0.2, 0.25) is 0 Å². The van der Waals surface area contributed by atoms with Gasteiger partial charge in [-0.2, -0.15) is 11.8 Å². The Hall–Kier alpha value is -1.21. The second-order valence-electron chi connectivity index (χ2n) is 4.98. The second kappa shape index (κ2) is 7.70. The van der Waals surface area contributed by atoms with Crippen molar-refractivity contribution >= 4 is 45.1 Å². The third kappa shape index (κ3) is 4.64. The van der Waals surface area contributed by atoms with E-state index in [1.807, 2.05) is 11.8 Å². The summed E-state index contributed by atoms with van der Waals surface area (Å²) in [5, 5.41) is 14.7. The summed E-state index contributed by atoms with van der Waals surface area (Å²) >= 11 is 5.28. The molecule has 5 nitrogen and oxygen atoms in total. The number of amides is 1. The maximum absolute atomic E-state index is 12.2. The highest BCUT2D eigenvalue weighted by Crippen LogP contribution is 2.26. The van der Waals surface area contributed by atoms with Gasteiger partial charge in [0.15, 0.2) is 5.84 Å².